The highest BCUT2D eigenvalue weighted by Crippen LogP contribution is 2.21. The maximum absolute atomic E-state index is 12.9. The Hall–Kier alpha value is -2.44. The lowest BCUT2D eigenvalue weighted by Crippen LogP contribution is -2.61. The summed E-state index contributed by atoms with van der Waals surface area (Å²) >= 11 is 0.866. The standard InChI is InChI=1S/C21H31N3O7S2/c1-13(2)17(32-14(3)25)18(26)24-21(4,5)20(28)23-16(19(27)31-6)12-22-33(29,30)15-10-8-7-9-11-15/h7-11,13,16-17,22H,12H2,1-6H3,(H,23,28)(H,24,26)/t16-,17-/m0/s1. The molecular weight excluding hydrogens is 470 g/mol. The summed E-state index contributed by atoms with van der Waals surface area (Å²) in [5, 5.41) is 4.07. The molecule has 1 aromatic carbocycles. The second kappa shape index (κ2) is 12.1. The van der Waals surface area contributed by atoms with Crippen LogP contribution in [0.2, 0.25) is 0 Å². The number of hydrogen-bond acceptors (Lipinski definition) is 8. The summed E-state index contributed by atoms with van der Waals surface area (Å²) in [6.07, 6.45) is 0. The molecule has 0 heterocycles. The molecule has 0 aliphatic heterocycles. The summed E-state index contributed by atoms with van der Waals surface area (Å²) in [5.74, 6) is -2.29. The SMILES string of the molecule is COC(=O)[C@H](CNS(=O)(=O)c1ccccc1)NC(=O)C(C)(C)NC(=O)[C@@H](SC(C)=O)C(C)C. The third-order valence-corrected chi connectivity index (χ3v) is 7.27. The van der Waals surface area contributed by atoms with Gasteiger partial charge >= 0.3 is 5.97 Å². The Labute approximate surface area is 198 Å². The van der Waals surface area contributed by atoms with Crippen molar-refractivity contribution in [2.75, 3.05) is 13.7 Å². The minimum atomic E-state index is -3.93. The van der Waals surface area contributed by atoms with Gasteiger partial charge in [0.25, 0.3) is 0 Å². The number of rotatable bonds is 11. The molecule has 10 nitrogen and oxygen atoms in total. The van der Waals surface area contributed by atoms with Gasteiger partial charge in [-0.25, -0.2) is 17.9 Å². The van der Waals surface area contributed by atoms with Crippen LogP contribution in [0.5, 0.6) is 0 Å². The molecule has 33 heavy (non-hydrogen) atoms. The summed E-state index contributed by atoms with van der Waals surface area (Å²) in [5.41, 5.74) is -1.47. The summed E-state index contributed by atoms with van der Waals surface area (Å²) in [6.45, 7) is 7.30. The van der Waals surface area contributed by atoms with Gasteiger partial charge in [-0.05, 0) is 31.9 Å². The molecule has 0 radical (unpaired) electrons. The zero-order chi connectivity index (χ0) is 25.4. The number of amides is 2. The Balaban J connectivity index is 2.93. The fraction of sp³-hybridized carbons (Fsp3) is 0.524. The molecule has 0 aliphatic rings. The van der Waals surface area contributed by atoms with E-state index in [9.17, 15) is 27.6 Å². The van der Waals surface area contributed by atoms with Crippen molar-refractivity contribution in [3.63, 3.8) is 0 Å². The van der Waals surface area contributed by atoms with Crippen LogP contribution in [0.25, 0.3) is 0 Å². The summed E-state index contributed by atoms with van der Waals surface area (Å²) in [7, 11) is -2.83. The van der Waals surface area contributed by atoms with Gasteiger partial charge in [0, 0.05) is 13.5 Å². The number of carbonyl (C=O) groups excluding carboxylic acids is 4. The van der Waals surface area contributed by atoms with Crippen LogP contribution in [0.1, 0.15) is 34.6 Å². The Morgan fingerprint density at radius 3 is 2.15 bits per heavy atom. The minimum absolute atomic E-state index is 0.00441. The normalized spacial score (nSPS) is 13.7. The zero-order valence-electron chi connectivity index (χ0n) is 19.5. The van der Waals surface area contributed by atoms with Crippen molar-refractivity contribution in [2.24, 2.45) is 5.92 Å². The summed E-state index contributed by atoms with van der Waals surface area (Å²) in [6, 6.07) is 6.19. The Kier molecular flexibility index (Phi) is 10.5. The molecule has 0 saturated heterocycles. The third kappa shape index (κ3) is 8.78. The smallest absolute Gasteiger partial charge is 0.329 e. The number of thioether (sulfide) groups is 1. The second-order valence-electron chi connectivity index (χ2n) is 8.10. The number of benzene rings is 1. The predicted molar refractivity (Wildman–Crippen MR) is 125 cm³/mol. The van der Waals surface area contributed by atoms with Crippen molar-refractivity contribution in [2.45, 2.75) is 56.3 Å². The third-order valence-electron chi connectivity index (χ3n) is 4.48. The van der Waals surface area contributed by atoms with E-state index in [4.69, 9.17) is 0 Å². The predicted octanol–water partition coefficient (Wildman–Crippen LogP) is 0.822. The summed E-state index contributed by atoms with van der Waals surface area (Å²) in [4.78, 5) is 49.2. The maximum Gasteiger partial charge on any atom is 0.329 e. The molecule has 3 N–H and O–H groups in total. The quantitative estimate of drug-likeness (QED) is 0.378. The van der Waals surface area contributed by atoms with E-state index in [1.54, 1.807) is 32.0 Å². The van der Waals surface area contributed by atoms with Crippen molar-refractivity contribution < 1.29 is 32.3 Å². The van der Waals surface area contributed by atoms with Gasteiger partial charge in [-0.15, -0.1) is 0 Å². The lowest BCUT2D eigenvalue weighted by atomic mass is 10.0. The average molecular weight is 502 g/mol. The fourth-order valence-electron chi connectivity index (χ4n) is 2.66. The van der Waals surface area contributed by atoms with Crippen molar-refractivity contribution in [1.82, 2.24) is 15.4 Å². The van der Waals surface area contributed by atoms with Crippen LogP contribution in [0.4, 0.5) is 0 Å². The largest absolute Gasteiger partial charge is 0.467 e. The van der Waals surface area contributed by atoms with Gasteiger partial charge in [0.2, 0.25) is 21.8 Å². The molecule has 184 valence electrons. The number of sulfonamides is 1. The van der Waals surface area contributed by atoms with E-state index >= 15 is 0 Å². The lowest BCUT2D eigenvalue weighted by Gasteiger charge is -2.30. The van der Waals surface area contributed by atoms with Gasteiger partial charge in [0.15, 0.2) is 5.12 Å². The van der Waals surface area contributed by atoms with Gasteiger partial charge in [0.1, 0.15) is 11.6 Å². The number of carbonyl (C=O) groups is 4. The Bertz CT molecular complexity index is 963. The molecule has 0 fully saturated rings. The molecular formula is C21H31N3O7S2. The van der Waals surface area contributed by atoms with E-state index in [1.807, 2.05) is 0 Å². The van der Waals surface area contributed by atoms with E-state index in [1.165, 1.54) is 32.9 Å². The van der Waals surface area contributed by atoms with Crippen LogP contribution >= 0.6 is 11.8 Å². The van der Waals surface area contributed by atoms with E-state index in [2.05, 4.69) is 20.1 Å². The molecule has 1 aromatic rings. The number of nitrogens with one attached hydrogen (secondary N) is 3. The molecule has 0 aliphatic carbocycles. The van der Waals surface area contributed by atoms with E-state index in [0.717, 1.165) is 18.9 Å². The fourth-order valence-corrected chi connectivity index (χ4v) is 4.52. The molecule has 12 heteroatoms. The lowest BCUT2D eigenvalue weighted by molar-refractivity contribution is -0.145. The molecule has 0 bridgehead atoms. The van der Waals surface area contributed by atoms with E-state index < -0.39 is 51.2 Å². The number of ether oxygens (including phenoxy) is 1. The van der Waals surface area contributed by atoms with Gasteiger partial charge in [-0.1, -0.05) is 43.8 Å². The first-order valence-corrected chi connectivity index (χ1v) is 12.5. The van der Waals surface area contributed by atoms with Crippen LogP contribution in [-0.4, -0.2) is 61.8 Å². The number of hydrogen-bond donors (Lipinski definition) is 3. The molecule has 0 aromatic heterocycles. The monoisotopic (exact) mass is 501 g/mol. The van der Waals surface area contributed by atoms with Crippen molar-refractivity contribution in [3.8, 4) is 0 Å². The molecule has 0 unspecified atom stereocenters. The Morgan fingerprint density at radius 2 is 1.67 bits per heavy atom. The zero-order valence-corrected chi connectivity index (χ0v) is 21.1. The van der Waals surface area contributed by atoms with Crippen LogP contribution in [0.15, 0.2) is 35.2 Å². The molecule has 2 amide bonds. The molecule has 0 saturated carbocycles. The highest BCUT2D eigenvalue weighted by molar-refractivity contribution is 8.14. The van der Waals surface area contributed by atoms with Crippen LogP contribution < -0.4 is 15.4 Å². The first-order valence-electron chi connectivity index (χ1n) is 10.1. The minimum Gasteiger partial charge on any atom is -0.467 e. The number of esters is 1. The van der Waals surface area contributed by atoms with Crippen molar-refractivity contribution >= 4 is 44.7 Å². The molecule has 2 atom stereocenters. The maximum atomic E-state index is 12.9. The number of methoxy groups -OCH3 is 1. The van der Waals surface area contributed by atoms with Crippen LogP contribution in [-0.2, 0) is 33.9 Å². The Morgan fingerprint density at radius 1 is 1.09 bits per heavy atom. The topological polar surface area (TPSA) is 148 Å². The van der Waals surface area contributed by atoms with Crippen LogP contribution in [0.3, 0.4) is 0 Å². The highest BCUT2D eigenvalue weighted by atomic mass is 32.2. The van der Waals surface area contributed by atoms with Gasteiger partial charge in [0.05, 0.1) is 17.3 Å². The summed E-state index contributed by atoms with van der Waals surface area (Å²) < 4.78 is 31.8. The van der Waals surface area contributed by atoms with Crippen molar-refractivity contribution in [1.29, 1.82) is 0 Å². The van der Waals surface area contributed by atoms with E-state index in [-0.39, 0.29) is 15.9 Å². The first-order chi connectivity index (χ1) is 15.2. The molecule has 1 rings (SSSR count). The van der Waals surface area contributed by atoms with Gasteiger partial charge < -0.3 is 15.4 Å². The van der Waals surface area contributed by atoms with Gasteiger partial charge in [-0.3, -0.25) is 14.4 Å². The van der Waals surface area contributed by atoms with Gasteiger partial charge in [-0.2, -0.15) is 0 Å². The van der Waals surface area contributed by atoms with E-state index in [0.29, 0.717) is 0 Å². The first kappa shape index (κ1) is 28.6. The van der Waals surface area contributed by atoms with Crippen molar-refractivity contribution in [3.05, 3.63) is 30.3 Å². The molecule has 0 spiro atoms. The second-order valence-corrected chi connectivity index (χ2v) is 11.2. The van der Waals surface area contributed by atoms with Crippen LogP contribution in [0, 0.1) is 5.92 Å². The average Bonchev–Trinajstić information content (AvgIpc) is 2.74. The highest BCUT2D eigenvalue weighted by Gasteiger charge is 2.36.